The van der Waals surface area contributed by atoms with Crippen LogP contribution in [0, 0.1) is 12.8 Å². The molecule has 1 aromatic heterocycles. The van der Waals surface area contributed by atoms with Crippen LogP contribution in [0.25, 0.3) is 0 Å². The first-order chi connectivity index (χ1) is 8.25. The minimum Gasteiger partial charge on any atom is -0.469 e. The summed E-state index contributed by atoms with van der Waals surface area (Å²) in [7, 11) is 0. The van der Waals surface area contributed by atoms with Crippen molar-refractivity contribution in [3.63, 3.8) is 0 Å². The standard InChI is InChI=1S/C14H24N2O2/c1-9-6-10(8-17-9)12(16-15)11-7-13(2,3)18-14(11,4)5/h6,8,11-12,16H,7,15H2,1-5H3. The lowest BCUT2D eigenvalue weighted by Gasteiger charge is -2.32. The second-order valence-corrected chi connectivity index (χ2v) is 6.41. The van der Waals surface area contributed by atoms with Gasteiger partial charge in [0.15, 0.2) is 0 Å². The van der Waals surface area contributed by atoms with Crippen LogP contribution >= 0.6 is 0 Å². The van der Waals surface area contributed by atoms with E-state index in [1.807, 2.05) is 13.0 Å². The number of hydrogen-bond donors (Lipinski definition) is 2. The summed E-state index contributed by atoms with van der Waals surface area (Å²) in [5, 5.41) is 0. The molecule has 2 unspecified atom stereocenters. The van der Waals surface area contributed by atoms with Crippen molar-refractivity contribution in [1.82, 2.24) is 5.43 Å². The summed E-state index contributed by atoms with van der Waals surface area (Å²) in [6, 6.07) is 2.09. The van der Waals surface area contributed by atoms with Crippen LogP contribution in [-0.4, -0.2) is 11.2 Å². The molecule has 0 bridgehead atoms. The number of hydrogen-bond acceptors (Lipinski definition) is 4. The second kappa shape index (κ2) is 4.37. The number of ether oxygens (including phenoxy) is 1. The van der Waals surface area contributed by atoms with Crippen LogP contribution in [0.2, 0.25) is 0 Å². The van der Waals surface area contributed by atoms with E-state index in [1.54, 1.807) is 6.26 Å². The van der Waals surface area contributed by atoms with Crippen molar-refractivity contribution >= 4 is 0 Å². The Hall–Kier alpha value is -0.840. The molecule has 1 aliphatic rings. The molecule has 4 nitrogen and oxygen atoms in total. The molecule has 18 heavy (non-hydrogen) atoms. The van der Waals surface area contributed by atoms with Gasteiger partial charge in [-0.3, -0.25) is 11.3 Å². The lowest BCUT2D eigenvalue weighted by molar-refractivity contribution is -0.0779. The van der Waals surface area contributed by atoms with E-state index in [-0.39, 0.29) is 17.2 Å². The highest BCUT2D eigenvalue weighted by atomic mass is 16.5. The highest BCUT2D eigenvalue weighted by Crippen LogP contribution is 2.47. The zero-order valence-electron chi connectivity index (χ0n) is 11.9. The molecule has 3 N–H and O–H groups in total. The molecule has 2 atom stereocenters. The number of nitrogens with two attached hydrogens (primary N) is 1. The Balaban J connectivity index is 2.28. The summed E-state index contributed by atoms with van der Waals surface area (Å²) < 4.78 is 11.5. The van der Waals surface area contributed by atoms with Crippen LogP contribution in [0.1, 0.15) is 51.5 Å². The third-order valence-corrected chi connectivity index (χ3v) is 3.84. The molecule has 2 rings (SSSR count). The molecule has 0 aliphatic carbocycles. The van der Waals surface area contributed by atoms with Gasteiger partial charge in [-0.2, -0.15) is 0 Å². The lowest BCUT2D eigenvalue weighted by atomic mass is 9.80. The summed E-state index contributed by atoms with van der Waals surface area (Å²) >= 11 is 0. The fourth-order valence-corrected chi connectivity index (χ4v) is 3.20. The molecule has 102 valence electrons. The minimum absolute atomic E-state index is 0.0548. The Bertz CT molecular complexity index is 423. The molecule has 0 saturated carbocycles. The zero-order valence-corrected chi connectivity index (χ0v) is 11.9. The van der Waals surface area contributed by atoms with E-state index in [2.05, 4.69) is 33.1 Å². The van der Waals surface area contributed by atoms with E-state index in [4.69, 9.17) is 15.0 Å². The molecule has 2 heterocycles. The van der Waals surface area contributed by atoms with Crippen molar-refractivity contribution in [2.75, 3.05) is 0 Å². The first-order valence-electron chi connectivity index (χ1n) is 6.46. The summed E-state index contributed by atoms with van der Waals surface area (Å²) in [6.45, 7) is 10.5. The lowest BCUT2D eigenvalue weighted by Crippen LogP contribution is -2.41. The van der Waals surface area contributed by atoms with Gasteiger partial charge >= 0.3 is 0 Å². The first-order valence-corrected chi connectivity index (χ1v) is 6.46. The van der Waals surface area contributed by atoms with E-state index < -0.39 is 0 Å². The van der Waals surface area contributed by atoms with Gasteiger partial charge in [-0.1, -0.05) is 0 Å². The fraction of sp³-hybridized carbons (Fsp3) is 0.714. The molecular formula is C14H24N2O2. The molecule has 1 fully saturated rings. The van der Waals surface area contributed by atoms with Crippen LogP contribution in [-0.2, 0) is 4.74 Å². The number of furan rings is 1. The maximum Gasteiger partial charge on any atom is 0.101 e. The van der Waals surface area contributed by atoms with Gasteiger partial charge in [0, 0.05) is 11.5 Å². The number of nitrogens with one attached hydrogen (secondary N) is 1. The highest BCUT2D eigenvalue weighted by Gasteiger charge is 2.49. The monoisotopic (exact) mass is 252 g/mol. The molecule has 0 spiro atoms. The largest absolute Gasteiger partial charge is 0.469 e. The van der Waals surface area contributed by atoms with E-state index in [1.165, 1.54) is 0 Å². The molecule has 1 aromatic rings. The van der Waals surface area contributed by atoms with Gasteiger partial charge < -0.3 is 9.15 Å². The zero-order chi connectivity index (χ0) is 13.6. The molecule has 4 heteroatoms. The molecule has 0 aromatic carbocycles. The number of aryl methyl sites for hydroxylation is 1. The van der Waals surface area contributed by atoms with E-state index in [0.717, 1.165) is 17.7 Å². The third-order valence-electron chi connectivity index (χ3n) is 3.84. The first kappa shape index (κ1) is 13.6. The van der Waals surface area contributed by atoms with Crippen molar-refractivity contribution in [2.45, 2.75) is 58.3 Å². The number of hydrazine groups is 1. The SMILES string of the molecule is Cc1cc(C(NN)C2CC(C)(C)OC2(C)C)co1. The molecule has 0 amide bonds. The van der Waals surface area contributed by atoms with Gasteiger partial charge in [-0.15, -0.1) is 0 Å². The van der Waals surface area contributed by atoms with Crippen molar-refractivity contribution < 1.29 is 9.15 Å². The smallest absolute Gasteiger partial charge is 0.101 e. The predicted molar refractivity (Wildman–Crippen MR) is 70.9 cm³/mol. The highest BCUT2D eigenvalue weighted by molar-refractivity contribution is 5.19. The van der Waals surface area contributed by atoms with Gasteiger partial charge in [0.25, 0.3) is 0 Å². The fourth-order valence-electron chi connectivity index (χ4n) is 3.20. The Morgan fingerprint density at radius 3 is 2.44 bits per heavy atom. The van der Waals surface area contributed by atoms with Crippen molar-refractivity contribution in [3.8, 4) is 0 Å². The Morgan fingerprint density at radius 1 is 1.39 bits per heavy atom. The average Bonchev–Trinajstić information content (AvgIpc) is 2.70. The molecule has 1 aliphatic heterocycles. The van der Waals surface area contributed by atoms with Crippen LogP contribution in [0.15, 0.2) is 16.7 Å². The molecule has 1 saturated heterocycles. The van der Waals surface area contributed by atoms with Gasteiger partial charge in [0.05, 0.1) is 23.5 Å². The van der Waals surface area contributed by atoms with E-state index in [0.29, 0.717) is 5.92 Å². The average molecular weight is 252 g/mol. The van der Waals surface area contributed by atoms with Crippen LogP contribution in [0.5, 0.6) is 0 Å². The summed E-state index contributed by atoms with van der Waals surface area (Å²) in [6.07, 6.45) is 2.75. The third kappa shape index (κ3) is 2.46. The van der Waals surface area contributed by atoms with Crippen molar-refractivity contribution in [3.05, 3.63) is 23.7 Å². The van der Waals surface area contributed by atoms with Gasteiger partial charge in [-0.25, -0.2) is 0 Å². The Labute approximate surface area is 109 Å². The van der Waals surface area contributed by atoms with Crippen LogP contribution in [0.4, 0.5) is 0 Å². The summed E-state index contributed by atoms with van der Waals surface area (Å²) in [5.41, 5.74) is 3.71. The van der Waals surface area contributed by atoms with Crippen molar-refractivity contribution in [1.29, 1.82) is 0 Å². The van der Waals surface area contributed by atoms with Gasteiger partial charge in [-0.05, 0) is 47.1 Å². The topological polar surface area (TPSA) is 60.4 Å². The normalized spacial score (nSPS) is 27.3. The molecule has 0 radical (unpaired) electrons. The minimum atomic E-state index is -0.203. The number of rotatable bonds is 3. The van der Waals surface area contributed by atoms with E-state index >= 15 is 0 Å². The Morgan fingerprint density at radius 2 is 2.06 bits per heavy atom. The maximum absolute atomic E-state index is 6.13. The Kier molecular flexibility index (Phi) is 3.30. The summed E-state index contributed by atoms with van der Waals surface area (Å²) in [5.74, 6) is 6.97. The van der Waals surface area contributed by atoms with Crippen LogP contribution in [0.3, 0.4) is 0 Å². The van der Waals surface area contributed by atoms with Gasteiger partial charge in [0.2, 0.25) is 0 Å². The maximum atomic E-state index is 6.13. The van der Waals surface area contributed by atoms with E-state index in [9.17, 15) is 0 Å². The second-order valence-electron chi connectivity index (χ2n) is 6.41. The van der Waals surface area contributed by atoms with Crippen molar-refractivity contribution in [2.24, 2.45) is 11.8 Å². The quantitative estimate of drug-likeness (QED) is 0.641. The van der Waals surface area contributed by atoms with Crippen LogP contribution < -0.4 is 11.3 Å². The summed E-state index contributed by atoms with van der Waals surface area (Å²) in [4.78, 5) is 0. The van der Waals surface area contributed by atoms with Gasteiger partial charge in [0.1, 0.15) is 5.76 Å². The predicted octanol–water partition coefficient (Wildman–Crippen LogP) is 2.69. The molecular weight excluding hydrogens is 228 g/mol.